The third-order valence-corrected chi connectivity index (χ3v) is 6.50. The highest BCUT2D eigenvalue weighted by atomic mass is 19.1. The molecule has 0 aromatic heterocycles. The Morgan fingerprint density at radius 3 is 2.47 bits per heavy atom. The Balaban J connectivity index is 1.31. The number of rotatable bonds is 5. The first kappa shape index (κ1) is 23.2. The number of amides is 5. The van der Waals surface area contributed by atoms with Gasteiger partial charge in [0.2, 0.25) is 5.91 Å². The zero-order chi connectivity index (χ0) is 25.3. The zero-order valence-corrected chi connectivity index (χ0v) is 19.2. The van der Waals surface area contributed by atoms with Crippen LogP contribution in [0.1, 0.15) is 34.3 Å². The molecule has 8 nitrogen and oxygen atoms in total. The summed E-state index contributed by atoms with van der Waals surface area (Å²) in [6, 6.07) is 18.5. The van der Waals surface area contributed by atoms with Gasteiger partial charge in [-0.25, -0.2) is 9.18 Å². The van der Waals surface area contributed by atoms with Crippen LogP contribution in [0.3, 0.4) is 0 Å². The first-order chi connectivity index (χ1) is 17.4. The molecule has 0 unspecified atom stereocenters. The van der Waals surface area contributed by atoms with E-state index in [-0.39, 0.29) is 11.3 Å². The molecule has 3 aromatic rings. The van der Waals surface area contributed by atoms with Gasteiger partial charge >= 0.3 is 6.03 Å². The SMILES string of the molecule is O=C(CN1C(=O)N[C@]2(CCCc3ccccc32)C1=O)Nc1ccccc1C(=O)Nc1ccc(F)cc1. The summed E-state index contributed by atoms with van der Waals surface area (Å²) < 4.78 is 13.2. The summed E-state index contributed by atoms with van der Waals surface area (Å²) in [5, 5.41) is 8.10. The van der Waals surface area contributed by atoms with Crippen molar-refractivity contribution in [1.82, 2.24) is 10.2 Å². The lowest BCUT2D eigenvalue weighted by Gasteiger charge is -2.33. The van der Waals surface area contributed by atoms with E-state index in [4.69, 9.17) is 0 Å². The summed E-state index contributed by atoms with van der Waals surface area (Å²) in [6.45, 7) is -0.498. The molecule has 1 saturated heterocycles. The number of halogens is 1. The van der Waals surface area contributed by atoms with E-state index < -0.39 is 41.7 Å². The Labute approximate surface area is 206 Å². The first-order valence-electron chi connectivity index (χ1n) is 11.6. The number of carbonyl (C=O) groups is 4. The van der Waals surface area contributed by atoms with Gasteiger partial charge in [0.1, 0.15) is 17.9 Å². The average molecular weight is 487 g/mol. The summed E-state index contributed by atoms with van der Waals surface area (Å²) >= 11 is 0. The van der Waals surface area contributed by atoms with E-state index in [9.17, 15) is 23.6 Å². The second-order valence-corrected chi connectivity index (χ2v) is 8.79. The standard InChI is InChI=1S/C27H23FN4O4/c28-18-11-13-19(14-12-18)29-24(34)20-8-2-4-10-22(20)30-23(33)16-32-25(35)27(31-26(32)36)15-5-7-17-6-1-3-9-21(17)27/h1-4,6,8-14H,5,7,15-16H2,(H,29,34)(H,30,33)(H,31,36)/t27-/m0/s1. The Bertz CT molecular complexity index is 1370. The van der Waals surface area contributed by atoms with E-state index in [0.717, 1.165) is 28.9 Å². The minimum absolute atomic E-state index is 0.171. The van der Waals surface area contributed by atoms with Gasteiger partial charge in [-0.3, -0.25) is 19.3 Å². The van der Waals surface area contributed by atoms with Gasteiger partial charge in [0.05, 0.1) is 11.3 Å². The summed E-state index contributed by atoms with van der Waals surface area (Å²) in [5.74, 6) is -2.02. The topological polar surface area (TPSA) is 108 Å². The molecule has 1 spiro atoms. The van der Waals surface area contributed by atoms with Gasteiger partial charge in [-0.15, -0.1) is 0 Å². The summed E-state index contributed by atoms with van der Waals surface area (Å²) in [4.78, 5) is 52.8. The summed E-state index contributed by atoms with van der Waals surface area (Å²) in [6.07, 6.45) is 2.01. The van der Waals surface area contributed by atoms with Crippen molar-refractivity contribution in [3.63, 3.8) is 0 Å². The molecule has 36 heavy (non-hydrogen) atoms. The van der Waals surface area contributed by atoms with Gasteiger partial charge in [0.25, 0.3) is 11.8 Å². The number of anilines is 2. The molecule has 1 aliphatic heterocycles. The fourth-order valence-corrected chi connectivity index (χ4v) is 4.81. The molecule has 0 saturated carbocycles. The van der Waals surface area contributed by atoms with Crippen LogP contribution in [0.15, 0.2) is 72.8 Å². The molecule has 1 fully saturated rings. The molecule has 1 heterocycles. The highest BCUT2D eigenvalue weighted by Crippen LogP contribution is 2.39. The van der Waals surface area contributed by atoms with Crippen LogP contribution in [0.2, 0.25) is 0 Å². The van der Waals surface area contributed by atoms with E-state index >= 15 is 0 Å². The number of aryl methyl sites for hydroxylation is 1. The molecule has 9 heteroatoms. The van der Waals surface area contributed by atoms with Gasteiger partial charge < -0.3 is 16.0 Å². The maximum Gasteiger partial charge on any atom is 0.325 e. The monoisotopic (exact) mass is 486 g/mol. The van der Waals surface area contributed by atoms with Gasteiger partial charge in [-0.1, -0.05) is 36.4 Å². The Morgan fingerprint density at radius 2 is 1.67 bits per heavy atom. The molecule has 1 atom stereocenters. The maximum absolute atomic E-state index is 13.4. The highest BCUT2D eigenvalue weighted by Gasteiger charge is 2.54. The molecule has 182 valence electrons. The van der Waals surface area contributed by atoms with Crippen molar-refractivity contribution >= 4 is 35.1 Å². The van der Waals surface area contributed by atoms with Crippen LogP contribution in [-0.4, -0.2) is 35.2 Å². The summed E-state index contributed by atoms with van der Waals surface area (Å²) in [7, 11) is 0. The van der Waals surface area contributed by atoms with Crippen LogP contribution in [0.5, 0.6) is 0 Å². The number of hydrogen-bond donors (Lipinski definition) is 3. The minimum atomic E-state index is -1.17. The Kier molecular flexibility index (Phi) is 5.97. The largest absolute Gasteiger partial charge is 0.325 e. The Hall–Kier alpha value is -4.53. The molecule has 3 N–H and O–H groups in total. The molecular formula is C27H23FN4O4. The lowest BCUT2D eigenvalue weighted by atomic mass is 9.76. The quantitative estimate of drug-likeness (QED) is 0.477. The van der Waals surface area contributed by atoms with Crippen molar-refractivity contribution in [3.8, 4) is 0 Å². The smallest absolute Gasteiger partial charge is 0.324 e. The molecule has 3 aromatic carbocycles. The molecule has 5 rings (SSSR count). The van der Waals surface area contributed by atoms with Crippen molar-refractivity contribution < 1.29 is 23.6 Å². The van der Waals surface area contributed by atoms with Crippen molar-refractivity contribution in [3.05, 3.63) is 95.3 Å². The van der Waals surface area contributed by atoms with Crippen LogP contribution >= 0.6 is 0 Å². The molecule has 1 aliphatic carbocycles. The number of imide groups is 1. The molecule has 0 bridgehead atoms. The van der Waals surface area contributed by atoms with E-state index in [2.05, 4.69) is 16.0 Å². The van der Waals surface area contributed by atoms with E-state index in [1.54, 1.807) is 18.2 Å². The van der Waals surface area contributed by atoms with E-state index in [1.165, 1.54) is 30.3 Å². The molecule has 0 radical (unpaired) electrons. The number of nitrogens with one attached hydrogen (secondary N) is 3. The van der Waals surface area contributed by atoms with Crippen molar-refractivity contribution in [2.45, 2.75) is 24.8 Å². The molecular weight excluding hydrogens is 463 g/mol. The number of para-hydroxylation sites is 1. The van der Waals surface area contributed by atoms with Gasteiger partial charge in [0, 0.05) is 5.69 Å². The third kappa shape index (κ3) is 4.19. The first-order valence-corrected chi connectivity index (χ1v) is 11.6. The number of urea groups is 1. The number of fused-ring (bicyclic) bond motifs is 2. The second kappa shape index (κ2) is 9.26. The number of nitrogens with zero attached hydrogens (tertiary/aromatic N) is 1. The molecule has 2 aliphatic rings. The fourth-order valence-electron chi connectivity index (χ4n) is 4.81. The lowest BCUT2D eigenvalue weighted by molar-refractivity contribution is -0.134. The van der Waals surface area contributed by atoms with E-state index in [1.807, 2.05) is 24.3 Å². The number of carbonyl (C=O) groups excluding carboxylic acids is 4. The van der Waals surface area contributed by atoms with Crippen LogP contribution in [-0.2, 0) is 21.5 Å². The second-order valence-electron chi connectivity index (χ2n) is 8.79. The predicted molar refractivity (Wildman–Crippen MR) is 131 cm³/mol. The van der Waals surface area contributed by atoms with E-state index in [0.29, 0.717) is 12.1 Å². The predicted octanol–water partition coefficient (Wildman–Crippen LogP) is 3.80. The highest BCUT2D eigenvalue weighted by molar-refractivity contribution is 6.13. The Morgan fingerprint density at radius 1 is 0.944 bits per heavy atom. The van der Waals surface area contributed by atoms with Gasteiger partial charge in [0.15, 0.2) is 0 Å². The van der Waals surface area contributed by atoms with Crippen molar-refractivity contribution in [2.75, 3.05) is 17.2 Å². The number of benzene rings is 3. The minimum Gasteiger partial charge on any atom is -0.324 e. The lowest BCUT2D eigenvalue weighted by Crippen LogP contribution is -2.47. The van der Waals surface area contributed by atoms with Crippen molar-refractivity contribution in [2.24, 2.45) is 0 Å². The number of hydrogen-bond acceptors (Lipinski definition) is 4. The van der Waals surface area contributed by atoms with Crippen molar-refractivity contribution in [1.29, 1.82) is 0 Å². The van der Waals surface area contributed by atoms with Crippen LogP contribution < -0.4 is 16.0 Å². The molecule has 5 amide bonds. The maximum atomic E-state index is 13.4. The normalized spacial score (nSPS) is 18.5. The van der Waals surface area contributed by atoms with Gasteiger partial charge in [-0.2, -0.15) is 0 Å². The van der Waals surface area contributed by atoms with Crippen LogP contribution in [0.25, 0.3) is 0 Å². The van der Waals surface area contributed by atoms with Gasteiger partial charge in [-0.05, 0) is 66.8 Å². The third-order valence-electron chi connectivity index (χ3n) is 6.50. The van der Waals surface area contributed by atoms with Crippen LogP contribution in [0, 0.1) is 5.82 Å². The summed E-state index contributed by atoms with van der Waals surface area (Å²) in [5.41, 5.74) is 1.38. The fraction of sp³-hybridized carbons (Fsp3) is 0.185. The zero-order valence-electron chi connectivity index (χ0n) is 19.2. The average Bonchev–Trinajstić information content (AvgIpc) is 3.10. The van der Waals surface area contributed by atoms with Crippen LogP contribution in [0.4, 0.5) is 20.6 Å².